The van der Waals surface area contributed by atoms with Crippen molar-refractivity contribution in [2.45, 2.75) is 39.3 Å². The number of nitrogens with zero attached hydrogens (tertiary/aromatic N) is 1. The Bertz CT molecular complexity index is 555. The number of carbonyl (C=O) groups excluding carboxylic acids is 1. The Morgan fingerprint density at radius 1 is 1.36 bits per heavy atom. The molecule has 1 aromatic rings. The molecule has 0 aromatic heterocycles. The summed E-state index contributed by atoms with van der Waals surface area (Å²) in [5.74, 6) is 0.124. The molecule has 122 valence electrons. The lowest BCUT2D eigenvalue weighted by Crippen LogP contribution is -2.55. The van der Waals surface area contributed by atoms with Gasteiger partial charge < -0.3 is 10.6 Å². The van der Waals surface area contributed by atoms with Gasteiger partial charge in [-0.3, -0.25) is 14.9 Å². The predicted molar refractivity (Wildman–Crippen MR) is 87.6 cm³/mol. The Kier molecular flexibility index (Phi) is 6.32. The van der Waals surface area contributed by atoms with E-state index >= 15 is 0 Å². The maximum atomic E-state index is 12.4. The van der Waals surface area contributed by atoms with Crippen molar-refractivity contribution < 1.29 is 9.72 Å². The molecule has 1 aliphatic rings. The minimum absolute atomic E-state index is 0. The highest BCUT2D eigenvalue weighted by Crippen LogP contribution is 2.19. The summed E-state index contributed by atoms with van der Waals surface area (Å²) in [6.45, 7) is 6.85. The number of aryl methyl sites for hydroxylation is 1. The third-order valence-electron chi connectivity index (χ3n) is 4.05. The van der Waals surface area contributed by atoms with E-state index in [1.807, 2.05) is 6.92 Å². The van der Waals surface area contributed by atoms with E-state index in [1.165, 1.54) is 12.1 Å². The second-order valence-electron chi connectivity index (χ2n) is 5.82. The van der Waals surface area contributed by atoms with Gasteiger partial charge in [0.2, 0.25) is 0 Å². The summed E-state index contributed by atoms with van der Waals surface area (Å²) in [6.07, 6.45) is 1.00. The third-order valence-corrected chi connectivity index (χ3v) is 4.05. The van der Waals surface area contributed by atoms with Gasteiger partial charge in [-0.1, -0.05) is 6.92 Å². The van der Waals surface area contributed by atoms with Crippen molar-refractivity contribution >= 4 is 24.0 Å². The van der Waals surface area contributed by atoms with Crippen LogP contribution in [0.2, 0.25) is 0 Å². The van der Waals surface area contributed by atoms with Crippen molar-refractivity contribution in [1.82, 2.24) is 10.6 Å². The van der Waals surface area contributed by atoms with Crippen LogP contribution >= 0.6 is 12.4 Å². The first-order valence-electron chi connectivity index (χ1n) is 7.19. The molecule has 1 amide bonds. The van der Waals surface area contributed by atoms with Crippen LogP contribution in [0.25, 0.3) is 0 Å². The van der Waals surface area contributed by atoms with Gasteiger partial charge in [-0.2, -0.15) is 0 Å². The zero-order chi connectivity index (χ0) is 15.6. The molecule has 6 nitrogen and oxygen atoms in total. The van der Waals surface area contributed by atoms with Crippen molar-refractivity contribution in [3.8, 4) is 0 Å². The molecule has 1 fully saturated rings. The topological polar surface area (TPSA) is 84.3 Å². The molecular weight excluding hydrogens is 306 g/mol. The highest BCUT2D eigenvalue weighted by Gasteiger charge is 2.29. The van der Waals surface area contributed by atoms with Gasteiger partial charge in [0.1, 0.15) is 0 Å². The van der Waals surface area contributed by atoms with Gasteiger partial charge >= 0.3 is 0 Å². The maximum Gasteiger partial charge on any atom is 0.270 e. The summed E-state index contributed by atoms with van der Waals surface area (Å²) in [4.78, 5) is 22.8. The molecule has 7 heteroatoms. The molecule has 0 aliphatic carbocycles. The largest absolute Gasteiger partial charge is 0.347 e. The van der Waals surface area contributed by atoms with Crippen LogP contribution in [0.15, 0.2) is 18.2 Å². The van der Waals surface area contributed by atoms with E-state index in [4.69, 9.17) is 0 Å². The van der Waals surface area contributed by atoms with Crippen LogP contribution in [0, 0.1) is 23.0 Å². The Labute approximate surface area is 136 Å². The van der Waals surface area contributed by atoms with E-state index in [2.05, 4.69) is 17.6 Å². The molecule has 0 saturated carbocycles. The van der Waals surface area contributed by atoms with E-state index in [0.717, 1.165) is 13.0 Å². The normalized spacial score (nSPS) is 24.2. The van der Waals surface area contributed by atoms with Crippen molar-refractivity contribution in [2.24, 2.45) is 5.92 Å². The Morgan fingerprint density at radius 2 is 2.05 bits per heavy atom. The molecular formula is C15H22ClN3O3. The molecule has 3 atom stereocenters. The van der Waals surface area contributed by atoms with Crippen LogP contribution in [0.1, 0.15) is 36.2 Å². The average molecular weight is 328 g/mol. The fourth-order valence-electron chi connectivity index (χ4n) is 2.84. The summed E-state index contributed by atoms with van der Waals surface area (Å²) >= 11 is 0. The summed E-state index contributed by atoms with van der Waals surface area (Å²) in [6, 6.07) is 4.69. The van der Waals surface area contributed by atoms with Crippen molar-refractivity contribution in [3.63, 3.8) is 0 Å². The van der Waals surface area contributed by atoms with E-state index in [0.29, 0.717) is 17.0 Å². The van der Waals surface area contributed by atoms with Crippen LogP contribution in [-0.4, -0.2) is 29.5 Å². The molecule has 1 heterocycles. The highest BCUT2D eigenvalue weighted by atomic mass is 35.5. The number of halogens is 1. The van der Waals surface area contributed by atoms with E-state index < -0.39 is 4.92 Å². The molecule has 2 N–H and O–H groups in total. The highest BCUT2D eigenvalue weighted by molar-refractivity contribution is 5.95. The quantitative estimate of drug-likeness (QED) is 0.659. The molecule has 1 aliphatic heterocycles. The molecule has 2 rings (SSSR count). The van der Waals surface area contributed by atoms with Gasteiger partial charge in [-0.15, -0.1) is 12.4 Å². The van der Waals surface area contributed by atoms with Crippen LogP contribution in [0.5, 0.6) is 0 Å². The number of amides is 1. The first-order valence-corrected chi connectivity index (χ1v) is 7.19. The van der Waals surface area contributed by atoms with E-state index in [1.54, 1.807) is 13.0 Å². The number of hydrogen-bond donors (Lipinski definition) is 2. The predicted octanol–water partition coefficient (Wildman–Crippen LogP) is 2.44. The first kappa shape index (κ1) is 18.4. The SMILES string of the molecule is Cc1cc(C(=O)NC2C(C)CCNC2C)cc([N+](=O)[O-])c1.Cl. The first-order chi connectivity index (χ1) is 9.88. The van der Waals surface area contributed by atoms with E-state index in [-0.39, 0.29) is 36.1 Å². The molecule has 0 radical (unpaired) electrons. The van der Waals surface area contributed by atoms with Crippen molar-refractivity contribution in [2.75, 3.05) is 6.54 Å². The zero-order valence-corrected chi connectivity index (χ0v) is 13.8. The van der Waals surface area contributed by atoms with Crippen LogP contribution in [0.4, 0.5) is 5.69 Å². The number of nitro groups is 1. The number of carbonyl (C=O) groups is 1. The fourth-order valence-corrected chi connectivity index (χ4v) is 2.84. The van der Waals surface area contributed by atoms with Gasteiger partial charge in [0.05, 0.1) is 4.92 Å². The Balaban J connectivity index is 0.00000242. The molecule has 0 bridgehead atoms. The Morgan fingerprint density at radius 3 is 2.64 bits per heavy atom. The molecule has 1 aromatic carbocycles. The van der Waals surface area contributed by atoms with Gasteiger partial charge in [0.25, 0.3) is 11.6 Å². The second-order valence-corrected chi connectivity index (χ2v) is 5.82. The minimum Gasteiger partial charge on any atom is -0.347 e. The lowest BCUT2D eigenvalue weighted by molar-refractivity contribution is -0.384. The van der Waals surface area contributed by atoms with Gasteiger partial charge in [-0.05, 0) is 44.4 Å². The maximum absolute atomic E-state index is 12.4. The van der Waals surface area contributed by atoms with Crippen molar-refractivity contribution in [3.05, 3.63) is 39.4 Å². The van der Waals surface area contributed by atoms with Gasteiger partial charge in [-0.25, -0.2) is 0 Å². The number of piperidine rings is 1. The number of benzene rings is 1. The lowest BCUT2D eigenvalue weighted by atomic mass is 9.89. The van der Waals surface area contributed by atoms with Crippen LogP contribution in [-0.2, 0) is 0 Å². The monoisotopic (exact) mass is 327 g/mol. The summed E-state index contributed by atoms with van der Waals surface area (Å²) in [7, 11) is 0. The summed E-state index contributed by atoms with van der Waals surface area (Å²) in [5.41, 5.74) is 0.993. The minimum atomic E-state index is -0.475. The van der Waals surface area contributed by atoms with E-state index in [9.17, 15) is 14.9 Å². The second kappa shape index (κ2) is 7.56. The zero-order valence-electron chi connectivity index (χ0n) is 13.0. The van der Waals surface area contributed by atoms with Crippen LogP contribution in [0.3, 0.4) is 0 Å². The lowest BCUT2D eigenvalue weighted by Gasteiger charge is -2.36. The standard InChI is InChI=1S/C15H21N3O3.ClH/c1-9-6-12(8-13(7-9)18(20)21)15(19)17-14-10(2)4-5-16-11(14)3;/h6-8,10-11,14,16H,4-5H2,1-3H3,(H,17,19);1H. The number of non-ortho nitro benzene ring substituents is 1. The molecule has 22 heavy (non-hydrogen) atoms. The number of hydrogen-bond acceptors (Lipinski definition) is 4. The number of rotatable bonds is 3. The number of nitrogens with one attached hydrogen (secondary N) is 2. The number of nitro benzene ring substituents is 1. The molecule has 1 saturated heterocycles. The van der Waals surface area contributed by atoms with Crippen LogP contribution < -0.4 is 10.6 Å². The van der Waals surface area contributed by atoms with Crippen molar-refractivity contribution in [1.29, 1.82) is 0 Å². The average Bonchev–Trinajstić information content (AvgIpc) is 2.42. The summed E-state index contributed by atoms with van der Waals surface area (Å²) in [5, 5.41) is 17.2. The smallest absolute Gasteiger partial charge is 0.270 e. The summed E-state index contributed by atoms with van der Waals surface area (Å²) < 4.78 is 0. The third kappa shape index (κ3) is 4.18. The fraction of sp³-hybridized carbons (Fsp3) is 0.533. The van der Waals surface area contributed by atoms with Gasteiger partial charge in [0.15, 0.2) is 0 Å². The molecule has 3 unspecified atom stereocenters. The Hall–Kier alpha value is -1.66. The van der Waals surface area contributed by atoms with Gasteiger partial charge in [0, 0.05) is 29.8 Å². The molecule has 0 spiro atoms.